The molecule has 1 heterocycles. The van der Waals surface area contributed by atoms with Crippen molar-refractivity contribution in [2.45, 2.75) is 6.54 Å². The first-order chi connectivity index (χ1) is 14.5. The van der Waals surface area contributed by atoms with Crippen LogP contribution < -0.4 is 10.7 Å². The smallest absolute Gasteiger partial charge is 0.243 e. The van der Waals surface area contributed by atoms with Crippen molar-refractivity contribution in [1.82, 2.24) is 9.47 Å². The molecule has 0 radical (unpaired) electrons. The highest BCUT2D eigenvalue weighted by Gasteiger charge is 2.17. The first kappa shape index (κ1) is 19.4. The molecule has 3 aromatic carbocycles. The molecule has 6 heteroatoms. The van der Waals surface area contributed by atoms with E-state index in [0.29, 0.717) is 27.5 Å². The molecule has 0 fully saturated rings. The minimum absolute atomic E-state index is 0.0242. The van der Waals surface area contributed by atoms with E-state index in [4.69, 9.17) is 0 Å². The molecule has 0 bridgehead atoms. The van der Waals surface area contributed by atoms with Gasteiger partial charge in [-0.3, -0.25) is 14.4 Å². The number of likely N-dealkylation sites (N-methyl/N-ethyl adjacent to an activating group) is 1. The zero-order valence-corrected chi connectivity index (χ0v) is 16.5. The van der Waals surface area contributed by atoms with E-state index >= 15 is 0 Å². The number of rotatable bonds is 5. The summed E-state index contributed by atoms with van der Waals surface area (Å²) in [5, 5.41) is 3.90. The van der Waals surface area contributed by atoms with Gasteiger partial charge in [0.15, 0.2) is 5.43 Å². The predicted molar refractivity (Wildman–Crippen MR) is 118 cm³/mol. The molecule has 0 spiro atoms. The van der Waals surface area contributed by atoms with Crippen molar-refractivity contribution in [3.8, 4) is 0 Å². The van der Waals surface area contributed by atoms with Crippen molar-refractivity contribution in [2.24, 2.45) is 0 Å². The number of hydrogen-bond acceptors (Lipinski definition) is 3. The summed E-state index contributed by atoms with van der Waals surface area (Å²) < 4.78 is 1.83. The Morgan fingerprint density at radius 2 is 1.37 bits per heavy atom. The monoisotopic (exact) mass is 399 g/mol. The standard InChI is InChI=1S/C24H21N3O3/c1-26(15-22(28)25-17-9-3-2-4-10-17)23(29)16-27-20-13-7-5-11-18(20)24(30)19-12-6-8-14-21(19)27/h2-14H,15-16H2,1H3,(H,25,28). The Labute approximate surface area is 173 Å². The minimum Gasteiger partial charge on any atom is -0.335 e. The molecular formula is C24H21N3O3. The minimum atomic E-state index is -0.272. The van der Waals surface area contributed by atoms with Gasteiger partial charge in [-0.15, -0.1) is 0 Å². The summed E-state index contributed by atoms with van der Waals surface area (Å²) in [7, 11) is 1.60. The van der Waals surface area contributed by atoms with Gasteiger partial charge < -0.3 is 14.8 Å². The number of amides is 2. The lowest BCUT2D eigenvalue weighted by Gasteiger charge is -2.20. The third-order valence-electron chi connectivity index (χ3n) is 5.04. The van der Waals surface area contributed by atoms with Gasteiger partial charge in [0.2, 0.25) is 11.8 Å². The molecule has 0 saturated heterocycles. The third-order valence-corrected chi connectivity index (χ3v) is 5.04. The van der Waals surface area contributed by atoms with Gasteiger partial charge in [0, 0.05) is 23.5 Å². The van der Waals surface area contributed by atoms with Crippen LogP contribution in [0.25, 0.3) is 21.8 Å². The van der Waals surface area contributed by atoms with Crippen LogP contribution in [0.15, 0.2) is 83.7 Å². The first-order valence-electron chi connectivity index (χ1n) is 9.64. The molecule has 0 aliphatic heterocycles. The molecule has 0 atom stereocenters. The number of hydrogen-bond donors (Lipinski definition) is 1. The van der Waals surface area contributed by atoms with Crippen LogP contribution in [-0.4, -0.2) is 34.9 Å². The summed E-state index contributed by atoms with van der Waals surface area (Å²) >= 11 is 0. The van der Waals surface area contributed by atoms with Gasteiger partial charge in [-0.05, 0) is 36.4 Å². The van der Waals surface area contributed by atoms with Crippen LogP contribution in [-0.2, 0) is 16.1 Å². The van der Waals surface area contributed by atoms with E-state index in [2.05, 4.69) is 5.32 Å². The zero-order valence-electron chi connectivity index (χ0n) is 16.5. The molecule has 30 heavy (non-hydrogen) atoms. The van der Waals surface area contributed by atoms with Crippen LogP contribution in [0.5, 0.6) is 0 Å². The zero-order chi connectivity index (χ0) is 21.1. The number of carbonyl (C=O) groups excluding carboxylic acids is 2. The van der Waals surface area contributed by atoms with E-state index < -0.39 is 0 Å². The van der Waals surface area contributed by atoms with E-state index in [1.54, 1.807) is 31.3 Å². The third kappa shape index (κ3) is 3.80. The Balaban J connectivity index is 1.60. The largest absolute Gasteiger partial charge is 0.335 e. The van der Waals surface area contributed by atoms with Gasteiger partial charge in [-0.2, -0.15) is 0 Å². The Bertz CT molecular complexity index is 1240. The van der Waals surface area contributed by atoms with E-state index in [1.165, 1.54) is 4.90 Å². The Morgan fingerprint density at radius 3 is 1.97 bits per heavy atom. The van der Waals surface area contributed by atoms with E-state index in [1.807, 2.05) is 59.2 Å². The summed E-state index contributed by atoms with van der Waals surface area (Å²) in [5.41, 5.74) is 2.01. The lowest BCUT2D eigenvalue weighted by molar-refractivity contribution is -0.133. The summed E-state index contributed by atoms with van der Waals surface area (Å²) in [6.07, 6.45) is 0. The first-order valence-corrected chi connectivity index (χ1v) is 9.64. The van der Waals surface area contributed by atoms with Crippen LogP contribution in [0.2, 0.25) is 0 Å². The average molecular weight is 399 g/mol. The number of fused-ring (bicyclic) bond motifs is 2. The molecule has 0 saturated carbocycles. The summed E-state index contributed by atoms with van der Waals surface area (Å²) in [6.45, 7) is -0.0415. The van der Waals surface area contributed by atoms with Crippen LogP contribution in [0.3, 0.4) is 0 Å². The molecular weight excluding hydrogens is 378 g/mol. The second kappa shape index (κ2) is 8.21. The number of benzene rings is 3. The normalized spacial score (nSPS) is 10.8. The number of carbonyl (C=O) groups is 2. The Kier molecular flexibility index (Phi) is 5.30. The van der Waals surface area contributed by atoms with Crippen molar-refractivity contribution >= 4 is 39.3 Å². The van der Waals surface area contributed by atoms with Crippen LogP contribution in [0.1, 0.15) is 0 Å². The number of pyridine rings is 1. The molecule has 4 rings (SSSR count). The highest BCUT2D eigenvalue weighted by Crippen LogP contribution is 2.19. The lowest BCUT2D eigenvalue weighted by atomic mass is 10.1. The molecule has 0 aliphatic rings. The summed E-state index contributed by atoms with van der Waals surface area (Å²) in [4.78, 5) is 39.4. The average Bonchev–Trinajstić information content (AvgIpc) is 2.77. The maximum Gasteiger partial charge on any atom is 0.243 e. The van der Waals surface area contributed by atoms with Gasteiger partial charge in [-0.25, -0.2) is 0 Å². The number of para-hydroxylation sites is 3. The summed E-state index contributed by atoms with van der Waals surface area (Å²) in [6, 6.07) is 23.6. The lowest BCUT2D eigenvalue weighted by Crippen LogP contribution is -2.37. The van der Waals surface area contributed by atoms with Crippen molar-refractivity contribution in [3.05, 3.63) is 89.1 Å². The fourth-order valence-electron chi connectivity index (χ4n) is 3.53. The van der Waals surface area contributed by atoms with Gasteiger partial charge in [0.25, 0.3) is 0 Å². The predicted octanol–water partition coefficient (Wildman–Crippen LogP) is 3.25. The van der Waals surface area contributed by atoms with Gasteiger partial charge in [0.1, 0.15) is 6.54 Å². The molecule has 2 amide bonds. The number of nitrogens with zero attached hydrogens (tertiary/aromatic N) is 2. The number of nitrogens with one attached hydrogen (secondary N) is 1. The topological polar surface area (TPSA) is 71.4 Å². The number of aromatic nitrogens is 1. The van der Waals surface area contributed by atoms with Crippen molar-refractivity contribution in [1.29, 1.82) is 0 Å². The van der Waals surface area contributed by atoms with Crippen molar-refractivity contribution in [3.63, 3.8) is 0 Å². The van der Waals surface area contributed by atoms with Crippen molar-refractivity contribution in [2.75, 3.05) is 18.9 Å². The van der Waals surface area contributed by atoms with E-state index in [0.717, 1.165) is 0 Å². The highest BCUT2D eigenvalue weighted by molar-refractivity contribution is 5.96. The van der Waals surface area contributed by atoms with Crippen LogP contribution >= 0.6 is 0 Å². The molecule has 0 aliphatic carbocycles. The second-order valence-electron chi connectivity index (χ2n) is 7.11. The second-order valence-corrected chi connectivity index (χ2v) is 7.11. The molecule has 1 aromatic heterocycles. The maximum absolute atomic E-state index is 12.9. The van der Waals surface area contributed by atoms with Crippen LogP contribution in [0.4, 0.5) is 5.69 Å². The van der Waals surface area contributed by atoms with E-state index in [-0.39, 0.29) is 30.3 Å². The Morgan fingerprint density at radius 1 is 0.833 bits per heavy atom. The molecule has 4 aromatic rings. The van der Waals surface area contributed by atoms with Crippen LogP contribution in [0, 0.1) is 0 Å². The summed E-state index contributed by atoms with van der Waals surface area (Å²) in [5.74, 6) is -0.496. The van der Waals surface area contributed by atoms with Gasteiger partial charge in [0.05, 0.1) is 17.6 Å². The van der Waals surface area contributed by atoms with Gasteiger partial charge in [-0.1, -0.05) is 42.5 Å². The molecule has 1 N–H and O–H groups in total. The maximum atomic E-state index is 12.9. The van der Waals surface area contributed by atoms with Gasteiger partial charge >= 0.3 is 0 Å². The molecule has 0 unspecified atom stereocenters. The van der Waals surface area contributed by atoms with E-state index in [9.17, 15) is 14.4 Å². The SMILES string of the molecule is CN(CC(=O)Nc1ccccc1)C(=O)Cn1c2ccccc2c(=O)c2ccccc21. The molecule has 150 valence electrons. The Hall–Kier alpha value is -3.93. The number of anilines is 1. The fourth-order valence-corrected chi connectivity index (χ4v) is 3.53. The highest BCUT2D eigenvalue weighted by atomic mass is 16.2. The van der Waals surface area contributed by atoms with Crippen molar-refractivity contribution < 1.29 is 9.59 Å². The molecule has 6 nitrogen and oxygen atoms in total. The fraction of sp³-hybridized carbons (Fsp3) is 0.125. The quantitative estimate of drug-likeness (QED) is 0.524.